The summed E-state index contributed by atoms with van der Waals surface area (Å²) in [4.78, 5) is 0. The Morgan fingerprint density at radius 3 is 1.63 bits per heavy atom. The third-order valence-electron chi connectivity index (χ3n) is 10.5. The zero-order valence-electron chi connectivity index (χ0n) is 27.5. The van der Waals surface area contributed by atoms with Gasteiger partial charge in [-0.15, -0.1) is 0 Å². The topological polar surface area (TPSA) is 0 Å². The maximum atomic E-state index is 2.53. The van der Waals surface area contributed by atoms with Gasteiger partial charge in [0.1, 0.15) is 0 Å². The van der Waals surface area contributed by atoms with Crippen LogP contribution in [0, 0.1) is 5.92 Å². The maximum absolute atomic E-state index is 2.53. The first-order chi connectivity index (χ1) is 20.7. The van der Waals surface area contributed by atoms with Crippen molar-refractivity contribution in [3.63, 3.8) is 0 Å². The summed E-state index contributed by atoms with van der Waals surface area (Å²) < 4.78 is 0. The van der Waals surface area contributed by atoms with Gasteiger partial charge in [0, 0.05) is 0 Å². The van der Waals surface area contributed by atoms with E-state index in [9.17, 15) is 0 Å². The summed E-state index contributed by atoms with van der Waals surface area (Å²) in [6.45, 7) is 11.9. The molecule has 4 aromatic rings. The summed E-state index contributed by atoms with van der Waals surface area (Å²) in [5, 5.41) is 4.46. The number of hydrogen-bond acceptors (Lipinski definition) is 0. The molecule has 0 radical (unpaired) electrons. The van der Waals surface area contributed by atoms with Crippen LogP contribution in [0.5, 0.6) is 0 Å². The van der Waals surface area contributed by atoms with Crippen LogP contribution < -0.4 is 15.9 Å². The fourth-order valence-corrected chi connectivity index (χ4v) is 11.1. The second-order valence-electron chi connectivity index (χ2n) is 14.6. The van der Waals surface area contributed by atoms with E-state index in [0.717, 1.165) is 5.92 Å². The van der Waals surface area contributed by atoms with Gasteiger partial charge in [-0.3, -0.25) is 0 Å². The van der Waals surface area contributed by atoms with Crippen molar-refractivity contribution < 1.29 is 0 Å². The molecule has 1 aliphatic carbocycles. The average Bonchev–Trinajstić information content (AvgIpc) is 3.32. The van der Waals surface area contributed by atoms with Gasteiger partial charge in [-0.2, -0.15) is 0 Å². The van der Waals surface area contributed by atoms with E-state index in [0.29, 0.717) is 11.8 Å². The molecular weight excluding hydrogens is 535 g/mol. The quantitative estimate of drug-likeness (QED) is 0.127. The minimum atomic E-state index is -2.09. The van der Waals surface area contributed by atoms with E-state index in [1.165, 1.54) is 90.4 Å². The van der Waals surface area contributed by atoms with Crippen LogP contribution in [0.15, 0.2) is 109 Å². The van der Waals surface area contributed by atoms with Crippen LogP contribution in [0.25, 0.3) is 0 Å². The minimum absolute atomic E-state index is 0.197. The van der Waals surface area contributed by atoms with Crippen molar-refractivity contribution in [2.75, 3.05) is 6.66 Å². The van der Waals surface area contributed by atoms with Gasteiger partial charge in [-0.1, -0.05) is 20.8 Å². The molecule has 0 heterocycles. The second-order valence-corrected chi connectivity index (χ2v) is 18.6. The Kier molecular flexibility index (Phi) is 10.6. The Hall–Kier alpha value is -2.69. The second kappa shape index (κ2) is 14.4. The van der Waals surface area contributed by atoms with E-state index >= 15 is 0 Å². The molecular formula is C42H55P. The van der Waals surface area contributed by atoms with Crippen molar-refractivity contribution in [3.8, 4) is 0 Å². The van der Waals surface area contributed by atoms with E-state index in [-0.39, 0.29) is 5.41 Å². The summed E-state index contributed by atoms with van der Waals surface area (Å²) in [7, 11) is -2.09. The first-order valence-corrected chi connectivity index (χ1v) is 19.6. The monoisotopic (exact) mass is 590 g/mol. The summed E-state index contributed by atoms with van der Waals surface area (Å²) in [6.07, 6.45) is 12.5. The van der Waals surface area contributed by atoms with Crippen LogP contribution >= 0.6 is 7.26 Å². The molecule has 1 saturated carbocycles. The van der Waals surface area contributed by atoms with Crippen LogP contribution in [0.2, 0.25) is 0 Å². The van der Waals surface area contributed by atoms with Gasteiger partial charge in [-0.05, 0) is 0 Å². The number of hydrogen-bond donors (Lipinski definition) is 0. The molecule has 1 fully saturated rings. The van der Waals surface area contributed by atoms with Crippen molar-refractivity contribution in [2.45, 2.75) is 103 Å². The molecule has 0 saturated heterocycles. The normalized spacial score (nSPS) is 16.8. The van der Waals surface area contributed by atoms with Crippen LogP contribution in [-0.4, -0.2) is 6.66 Å². The van der Waals surface area contributed by atoms with Crippen molar-refractivity contribution in [2.24, 2.45) is 5.92 Å². The fraction of sp³-hybridized carbons (Fsp3) is 0.429. The van der Waals surface area contributed by atoms with Crippen LogP contribution in [0.4, 0.5) is 0 Å². The molecule has 228 valence electrons. The summed E-state index contributed by atoms with van der Waals surface area (Å²) in [6, 6.07) is 42.0. The third-order valence-corrected chi connectivity index (χ3v) is 15.0. The third kappa shape index (κ3) is 7.88. The molecule has 43 heavy (non-hydrogen) atoms. The van der Waals surface area contributed by atoms with Gasteiger partial charge in [0.2, 0.25) is 0 Å². The molecule has 0 aliphatic heterocycles. The average molecular weight is 591 g/mol. The number of rotatable bonds is 10. The van der Waals surface area contributed by atoms with Gasteiger partial charge < -0.3 is 0 Å². The van der Waals surface area contributed by atoms with Gasteiger partial charge >= 0.3 is 244 Å². The Balaban J connectivity index is 1.42. The van der Waals surface area contributed by atoms with Crippen molar-refractivity contribution in [1.29, 1.82) is 0 Å². The van der Waals surface area contributed by atoms with Crippen LogP contribution in [-0.2, 0) is 5.41 Å². The van der Waals surface area contributed by atoms with Crippen LogP contribution in [0.1, 0.15) is 114 Å². The SMILES string of the molecule is C[C@@H](CC(CCC1CCCCCC1)c1ccc([PH](C)(c2ccccc2)c2ccccc2)cc1)c1ccc(C(C)(C)C)cc1. The molecule has 1 aliphatic rings. The van der Waals surface area contributed by atoms with E-state index in [1.807, 2.05) is 0 Å². The molecule has 1 unspecified atom stereocenters. The predicted octanol–water partition coefficient (Wildman–Crippen LogP) is 10.7. The molecule has 0 nitrogen and oxygen atoms in total. The van der Waals surface area contributed by atoms with Crippen molar-refractivity contribution in [3.05, 3.63) is 126 Å². The molecule has 1 heteroatoms. The van der Waals surface area contributed by atoms with E-state index in [2.05, 4.69) is 144 Å². The van der Waals surface area contributed by atoms with E-state index in [1.54, 1.807) is 0 Å². The molecule has 0 aromatic heterocycles. The van der Waals surface area contributed by atoms with Crippen LogP contribution in [0.3, 0.4) is 0 Å². The number of benzene rings is 4. The molecule has 0 spiro atoms. The zero-order valence-corrected chi connectivity index (χ0v) is 28.5. The first kappa shape index (κ1) is 31.7. The zero-order chi connectivity index (χ0) is 30.3. The summed E-state index contributed by atoms with van der Waals surface area (Å²) in [5.41, 5.74) is 4.64. The van der Waals surface area contributed by atoms with Gasteiger partial charge in [-0.25, -0.2) is 0 Å². The molecule has 2 atom stereocenters. The summed E-state index contributed by atoms with van der Waals surface area (Å²) in [5.74, 6) is 2.05. The van der Waals surface area contributed by atoms with Gasteiger partial charge in [0.15, 0.2) is 0 Å². The molecule has 4 aromatic carbocycles. The first-order valence-electron chi connectivity index (χ1n) is 17.1. The summed E-state index contributed by atoms with van der Waals surface area (Å²) >= 11 is 0. The Morgan fingerprint density at radius 1 is 0.628 bits per heavy atom. The molecule has 0 amide bonds. The van der Waals surface area contributed by atoms with Crippen molar-refractivity contribution >= 4 is 23.2 Å². The standard InChI is InChI=1S/C42H55P/c1-33(35-24-28-38(29-25-35)42(2,3)4)32-37(23-22-34-16-10-6-7-11-17-34)36-26-30-41(31-27-36)43(5,39-18-12-8-13-19-39)40-20-14-9-15-21-40/h8-9,12-15,18-21,24-31,33-34,37,43H,6-7,10-11,16-17,22-23,32H2,1-5H3/t33-,37?/m0/s1. The molecule has 0 bridgehead atoms. The fourth-order valence-electron chi connectivity index (χ4n) is 7.52. The van der Waals surface area contributed by atoms with Gasteiger partial charge in [0.05, 0.1) is 0 Å². The predicted molar refractivity (Wildman–Crippen MR) is 194 cm³/mol. The van der Waals surface area contributed by atoms with E-state index < -0.39 is 7.26 Å². The Labute approximate surface area is 263 Å². The van der Waals surface area contributed by atoms with Gasteiger partial charge in [0.25, 0.3) is 0 Å². The molecule has 0 N–H and O–H groups in total. The molecule has 5 rings (SSSR count). The Morgan fingerprint density at radius 2 is 1.12 bits per heavy atom. The van der Waals surface area contributed by atoms with Crippen molar-refractivity contribution in [1.82, 2.24) is 0 Å². The van der Waals surface area contributed by atoms with E-state index in [4.69, 9.17) is 0 Å². The Bertz CT molecular complexity index is 1330.